The molecule has 2 N–H and O–H groups in total. The molecule has 2 aromatic carbocycles. The maximum Gasteiger partial charge on any atom is 0.166 e. The molecule has 7 heteroatoms. The predicted molar refractivity (Wildman–Crippen MR) is 157 cm³/mol. The topological polar surface area (TPSA) is 92.9 Å². The van der Waals surface area contributed by atoms with Crippen molar-refractivity contribution in [2.75, 3.05) is 26.4 Å². The Kier molecular flexibility index (Phi) is 8.90. The number of phenols is 2. The lowest BCUT2D eigenvalue weighted by atomic mass is 9.85. The van der Waals surface area contributed by atoms with Crippen molar-refractivity contribution in [3.8, 4) is 23.0 Å². The predicted octanol–water partition coefficient (Wildman–Crippen LogP) is 6.33. The minimum atomic E-state index is -0.128. The van der Waals surface area contributed by atoms with Gasteiger partial charge in [-0.05, 0) is 59.1 Å². The van der Waals surface area contributed by atoms with Crippen LogP contribution in [0.3, 0.4) is 0 Å². The first-order valence-corrected chi connectivity index (χ1v) is 14.1. The molecule has 1 heterocycles. The lowest BCUT2D eigenvalue weighted by molar-refractivity contribution is 0.0750. The Morgan fingerprint density at radius 2 is 1.05 bits per heavy atom. The summed E-state index contributed by atoms with van der Waals surface area (Å²) in [7, 11) is 0. The Bertz CT molecular complexity index is 1110. The maximum atomic E-state index is 11.0. The van der Waals surface area contributed by atoms with Crippen molar-refractivity contribution in [3.05, 3.63) is 46.5 Å². The minimum absolute atomic E-state index is 0.0174. The first-order valence-electron chi connectivity index (χ1n) is 14.1. The highest BCUT2D eigenvalue weighted by Crippen LogP contribution is 2.37. The van der Waals surface area contributed by atoms with Crippen LogP contribution in [0.15, 0.2) is 34.3 Å². The summed E-state index contributed by atoms with van der Waals surface area (Å²) in [6.07, 6.45) is 7.54. The standard InChI is InChI=1S/C32H44N2O5/c1-31(2,3)23-15-21-19-33-25-9-7-8-10-26(25)34-20-22-16-24(32(4,5)6)18-28(30(22)36)39-14-12-37-11-13-38-27(17-23)29(21)35/h15-20,25-26,35-36H,7-14H2,1-6H3/t25-,26-/m1/s1. The zero-order valence-corrected chi connectivity index (χ0v) is 24.3. The van der Waals surface area contributed by atoms with Crippen LogP contribution in [0, 0.1) is 0 Å². The molecular formula is C32H44N2O5. The number of phenolic OH excluding ortho intramolecular Hbond substituents is 2. The molecule has 1 aliphatic carbocycles. The summed E-state index contributed by atoms with van der Waals surface area (Å²) in [6.45, 7) is 14.0. The highest BCUT2D eigenvalue weighted by atomic mass is 16.5. The monoisotopic (exact) mass is 536 g/mol. The van der Waals surface area contributed by atoms with Crippen molar-refractivity contribution < 1.29 is 24.4 Å². The van der Waals surface area contributed by atoms with Crippen molar-refractivity contribution in [1.29, 1.82) is 0 Å². The lowest BCUT2D eigenvalue weighted by Gasteiger charge is -2.26. The summed E-state index contributed by atoms with van der Waals surface area (Å²) in [5.41, 5.74) is 3.13. The van der Waals surface area contributed by atoms with Gasteiger partial charge in [0.2, 0.25) is 0 Å². The number of hydrogen-bond donors (Lipinski definition) is 2. The van der Waals surface area contributed by atoms with E-state index in [4.69, 9.17) is 24.2 Å². The van der Waals surface area contributed by atoms with Crippen LogP contribution < -0.4 is 9.47 Å². The van der Waals surface area contributed by atoms with Crippen LogP contribution in [0.2, 0.25) is 0 Å². The largest absolute Gasteiger partial charge is 0.504 e. The van der Waals surface area contributed by atoms with Crippen LogP contribution in [0.4, 0.5) is 0 Å². The first kappa shape index (κ1) is 28.9. The molecule has 39 heavy (non-hydrogen) atoms. The lowest BCUT2D eigenvalue weighted by Crippen LogP contribution is -2.27. The molecule has 2 aromatic rings. The Balaban J connectivity index is 1.74. The van der Waals surface area contributed by atoms with E-state index < -0.39 is 0 Å². The number of benzene rings is 2. The van der Waals surface area contributed by atoms with Crippen molar-refractivity contribution >= 4 is 12.4 Å². The average molecular weight is 537 g/mol. The normalized spacial score (nSPS) is 21.1. The van der Waals surface area contributed by atoms with E-state index in [9.17, 15) is 10.2 Å². The van der Waals surface area contributed by atoms with E-state index in [1.165, 1.54) is 0 Å². The van der Waals surface area contributed by atoms with Gasteiger partial charge in [-0.3, -0.25) is 9.98 Å². The Labute approximate surface area is 232 Å². The van der Waals surface area contributed by atoms with Gasteiger partial charge in [0.25, 0.3) is 0 Å². The van der Waals surface area contributed by atoms with Crippen molar-refractivity contribution in [3.63, 3.8) is 0 Å². The van der Waals surface area contributed by atoms with Crippen LogP contribution in [0.5, 0.6) is 23.0 Å². The molecule has 0 spiro atoms. The van der Waals surface area contributed by atoms with Crippen LogP contribution in [0.1, 0.15) is 89.5 Å². The summed E-state index contributed by atoms with van der Waals surface area (Å²) in [5.74, 6) is 1.02. The van der Waals surface area contributed by atoms with Gasteiger partial charge in [-0.15, -0.1) is 0 Å². The summed E-state index contributed by atoms with van der Waals surface area (Å²) in [4.78, 5) is 9.85. The van der Waals surface area contributed by atoms with Crippen LogP contribution >= 0.6 is 0 Å². The Morgan fingerprint density at radius 1 is 0.641 bits per heavy atom. The van der Waals surface area contributed by atoms with Crippen LogP contribution in [0.25, 0.3) is 0 Å². The third-order valence-corrected chi connectivity index (χ3v) is 7.42. The minimum Gasteiger partial charge on any atom is -0.504 e. The second kappa shape index (κ2) is 12.0. The van der Waals surface area contributed by atoms with Crippen molar-refractivity contribution in [2.24, 2.45) is 9.98 Å². The first-order chi connectivity index (χ1) is 18.4. The number of hydrogen-bond acceptors (Lipinski definition) is 7. The fourth-order valence-corrected chi connectivity index (χ4v) is 4.86. The summed E-state index contributed by atoms with van der Waals surface area (Å²) in [5, 5.41) is 22.1. The molecule has 0 radical (unpaired) electrons. The Morgan fingerprint density at radius 3 is 1.44 bits per heavy atom. The molecule has 0 saturated heterocycles. The summed E-state index contributed by atoms with van der Waals surface area (Å²) in [6, 6.07) is 7.73. The fraction of sp³-hybridized carbons (Fsp3) is 0.562. The van der Waals surface area contributed by atoms with Crippen molar-refractivity contribution in [2.45, 2.75) is 90.1 Å². The van der Waals surface area contributed by atoms with Crippen LogP contribution in [-0.4, -0.2) is 61.2 Å². The molecule has 7 nitrogen and oxygen atoms in total. The molecule has 212 valence electrons. The van der Waals surface area contributed by atoms with Gasteiger partial charge in [0.15, 0.2) is 23.0 Å². The van der Waals surface area contributed by atoms with Gasteiger partial charge in [0.1, 0.15) is 13.2 Å². The van der Waals surface area contributed by atoms with Gasteiger partial charge in [-0.1, -0.05) is 54.4 Å². The van der Waals surface area contributed by atoms with Gasteiger partial charge >= 0.3 is 0 Å². The molecule has 4 bridgehead atoms. The molecule has 2 atom stereocenters. The number of fused-ring (bicyclic) bond motifs is 5. The zero-order chi connectivity index (χ0) is 28.2. The second-order valence-electron chi connectivity index (χ2n) is 12.6. The van der Waals surface area contributed by atoms with E-state index in [0.717, 1.165) is 36.8 Å². The van der Waals surface area contributed by atoms with Gasteiger partial charge < -0.3 is 24.4 Å². The third-order valence-electron chi connectivity index (χ3n) is 7.42. The van der Waals surface area contributed by atoms with E-state index in [-0.39, 0.29) is 47.6 Å². The van der Waals surface area contributed by atoms with E-state index >= 15 is 0 Å². The molecular weight excluding hydrogens is 492 g/mol. The van der Waals surface area contributed by atoms with E-state index in [1.807, 2.05) is 24.3 Å². The van der Waals surface area contributed by atoms with E-state index in [0.29, 0.717) is 35.8 Å². The molecule has 2 aliphatic rings. The van der Waals surface area contributed by atoms with Gasteiger partial charge in [0.05, 0.1) is 25.3 Å². The van der Waals surface area contributed by atoms with Crippen molar-refractivity contribution in [1.82, 2.24) is 0 Å². The molecule has 0 aromatic heterocycles. The maximum absolute atomic E-state index is 11.0. The number of ether oxygens (including phenoxy) is 3. The molecule has 1 aliphatic heterocycles. The average Bonchev–Trinajstić information content (AvgIpc) is 2.87. The summed E-state index contributed by atoms with van der Waals surface area (Å²) >= 11 is 0. The molecule has 0 amide bonds. The second-order valence-corrected chi connectivity index (χ2v) is 12.6. The molecule has 1 fully saturated rings. The number of aliphatic imine (C=N–C) groups is 2. The van der Waals surface area contributed by atoms with E-state index in [2.05, 4.69) is 41.5 Å². The number of rotatable bonds is 0. The third kappa shape index (κ3) is 7.33. The quantitative estimate of drug-likeness (QED) is 0.410. The smallest absolute Gasteiger partial charge is 0.166 e. The molecule has 4 rings (SSSR count). The number of nitrogens with zero attached hydrogens (tertiary/aromatic N) is 2. The Hall–Kier alpha value is -3.06. The van der Waals surface area contributed by atoms with Gasteiger partial charge in [0, 0.05) is 23.6 Å². The van der Waals surface area contributed by atoms with Gasteiger partial charge in [-0.2, -0.15) is 0 Å². The highest BCUT2D eigenvalue weighted by molar-refractivity contribution is 5.86. The highest BCUT2D eigenvalue weighted by Gasteiger charge is 2.25. The zero-order valence-electron chi connectivity index (χ0n) is 24.3. The molecule has 1 saturated carbocycles. The SMILES string of the molecule is CC(C)(C)c1cc2c(O)c(c1)OCCOCCOc1cc(C(C)(C)C)cc(c1O)C=N[C@@H]1CCCC[C@H]1N=C2. The number of aromatic hydroxyl groups is 2. The fourth-order valence-electron chi connectivity index (χ4n) is 4.86. The molecule has 0 unspecified atom stereocenters. The van der Waals surface area contributed by atoms with Crippen LogP contribution in [-0.2, 0) is 15.6 Å². The summed E-state index contributed by atoms with van der Waals surface area (Å²) < 4.78 is 17.6. The van der Waals surface area contributed by atoms with Gasteiger partial charge in [-0.25, -0.2) is 0 Å². The van der Waals surface area contributed by atoms with E-state index in [1.54, 1.807) is 12.4 Å².